The normalized spacial score (nSPS) is 10.9. The van der Waals surface area contributed by atoms with Gasteiger partial charge in [0.15, 0.2) is 0 Å². The van der Waals surface area contributed by atoms with E-state index in [0.717, 1.165) is 12.1 Å². The lowest BCUT2D eigenvalue weighted by Crippen LogP contribution is -2.17. The Hall–Kier alpha value is -4.22. The van der Waals surface area contributed by atoms with E-state index in [9.17, 15) is 18.0 Å². The fourth-order valence-electron chi connectivity index (χ4n) is 2.79. The number of anilines is 3. The molecule has 0 aliphatic heterocycles. The monoisotopic (exact) mass is 464 g/mol. The van der Waals surface area contributed by atoms with Crippen LogP contribution in [0, 0.1) is 0 Å². The zero-order valence-electron chi connectivity index (χ0n) is 17.4. The molecule has 1 aromatic heterocycles. The van der Waals surface area contributed by atoms with Crippen molar-refractivity contribution >= 4 is 23.4 Å². The van der Waals surface area contributed by atoms with Crippen molar-refractivity contribution in [1.29, 1.82) is 0 Å². The van der Waals surface area contributed by atoms with Crippen molar-refractivity contribution in [2.45, 2.75) is 6.36 Å². The summed E-state index contributed by atoms with van der Waals surface area (Å²) in [6.07, 6.45) is -4.85. The summed E-state index contributed by atoms with van der Waals surface area (Å²) in [7, 11) is 2.98. The molecule has 3 rings (SSSR count). The number of rotatable bonds is 9. The number of hydrogen-bond acceptors (Lipinski definition) is 8. The summed E-state index contributed by atoms with van der Waals surface area (Å²) >= 11 is 0. The van der Waals surface area contributed by atoms with Crippen molar-refractivity contribution < 1.29 is 37.3 Å². The lowest BCUT2D eigenvalue weighted by molar-refractivity contribution is -0.274. The lowest BCUT2D eigenvalue weighted by atomic mass is 10.1. The molecule has 0 unspecified atom stereocenters. The molecular weight excluding hydrogens is 445 g/mol. The summed E-state index contributed by atoms with van der Waals surface area (Å²) in [5.74, 6) is -0.382. The number of benzene rings is 2. The van der Waals surface area contributed by atoms with Crippen molar-refractivity contribution in [3.05, 3.63) is 48.5 Å². The smallest absolute Gasteiger partial charge is 0.497 e. The van der Waals surface area contributed by atoms with Crippen molar-refractivity contribution in [1.82, 2.24) is 9.97 Å². The Morgan fingerprint density at radius 3 is 2.48 bits per heavy atom. The molecule has 1 heterocycles. The molecule has 0 fully saturated rings. The van der Waals surface area contributed by atoms with E-state index in [1.807, 2.05) is 0 Å². The van der Waals surface area contributed by atoms with Crippen LogP contribution in [0.15, 0.2) is 48.5 Å². The molecule has 0 aliphatic rings. The maximum Gasteiger partial charge on any atom is 0.573 e. The molecule has 0 spiro atoms. The van der Waals surface area contributed by atoms with Crippen LogP contribution < -0.4 is 24.8 Å². The van der Waals surface area contributed by atoms with Crippen molar-refractivity contribution in [3.8, 4) is 28.5 Å². The molecule has 0 saturated carbocycles. The molecule has 0 saturated heterocycles. The topological polar surface area (TPSA) is 115 Å². The van der Waals surface area contributed by atoms with Crippen molar-refractivity contribution in [3.63, 3.8) is 0 Å². The van der Waals surface area contributed by atoms with Gasteiger partial charge in [-0.15, -0.1) is 13.2 Å². The fraction of sp³-hybridized carbons (Fsp3) is 0.190. The third-order valence-corrected chi connectivity index (χ3v) is 4.16. The van der Waals surface area contributed by atoms with E-state index in [-0.39, 0.29) is 17.5 Å². The van der Waals surface area contributed by atoms with E-state index in [1.165, 1.54) is 32.4 Å². The van der Waals surface area contributed by atoms with E-state index in [4.69, 9.17) is 14.6 Å². The minimum Gasteiger partial charge on any atom is -0.497 e. The quantitative estimate of drug-likeness (QED) is 0.426. The number of alkyl halides is 3. The van der Waals surface area contributed by atoms with Crippen LogP contribution in [0.3, 0.4) is 0 Å². The van der Waals surface area contributed by atoms with E-state index in [2.05, 4.69) is 25.3 Å². The summed E-state index contributed by atoms with van der Waals surface area (Å²) < 4.78 is 52.3. The van der Waals surface area contributed by atoms with Gasteiger partial charge in [0.1, 0.15) is 29.6 Å². The zero-order chi connectivity index (χ0) is 24.0. The van der Waals surface area contributed by atoms with Gasteiger partial charge >= 0.3 is 12.3 Å². The molecular formula is C21H19F3N4O5. The lowest BCUT2D eigenvalue weighted by Gasteiger charge is -2.14. The molecule has 3 N–H and O–H groups in total. The van der Waals surface area contributed by atoms with Gasteiger partial charge in [-0.25, -0.2) is 4.98 Å². The number of aromatic nitrogens is 2. The molecule has 12 heteroatoms. The molecule has 33 heavy (non-hydrogen) atoms. The molecule has 3 aromatic rings. The summed E-state index contributed by atoms with van der Waals surface area (Å²) in [5.41, 5.74) is 1.03. The number of carboxylic acid groups (broad SMARTS) is 1. The first kappa shape index (κ1) is 23.4. The van der Waals surface area contributed by atoms with Crippen LogP contribution in [0.25, 0.3) is 11.3 Å². The molecule has 0 bridgehead atoms. The second-order valence-corrected chi connectivity index (χ2v) is 6.48. The maximum atomic E-state index is 12.6. The highest BCUT2D eigenvalue weighted by Crippen LogP contribution is 2.33. The first-order chi connectivity index (χ1) is 15.7. The summed E-state index contributed by atoms with van der Waals surface area (Å²) in [6.45, 7) is -0.466. The van der Waals surface area contributed by atoms with Gasteiger partial charge < -0.3 is 30.0 Å². The standard InChI is InChI=1S/C21H19F3N4O5/c1-31-13-6-7-15(17(9-13)32-2)26-18-10-16(27-20(28-18)25-11-19(29)30)12-4-3-5-14(8-12)33-21(22,23)24/h3-10H,11H2,1-2H3,(H,29,30)(H2,25,26,27,28). The van der Waals surface area contributed by atoms with E-state index >= 15 is 0 Å². The minimum atomic E-state index is -4.85. The Morgan fingerprint density at radius 1 is 1.03 bits per heavy atom. The number of carbonyl (C=O) groups is 1. The summed E-state index contributed by atoms with van der Waals surface area (Å²) in [5, 5.41) is 14.5. The number of nitrogens with one attached hydrogen (secondary N) is 2. The van der Waals surface area contributed by atoms with E-state index < -0.39 is 24.6 Å². The Labute approximate surface area is 186 Å². The number of hydrogen-bond donors (Lipinski definition) is 3. The molecule has 9 nitrogen and oxygen atoms in total. The minimum absolute atomic E-state index is 0.0491. The van der Waals surface area contributed by atoms with Crippen molar-refractivity contribution in [2.75, 3.05) is 31.4 Å². The number of ether oxygens (including phenoxy) is 3. The number of aliphatic carboxylic acids is 1. The van der Waals surface area contributed by atoms with Gasteiger partial charge in [0.05, 0.1) is 25.6 Å². The largest absolute Gasteiger partial charge is 0.573 e. The van der Waals surface area contributed by atoms with Gasteiger partial charge in [-0.3, -0.25) is 4.79 Å². The van der Waals surface area contributed by atoms with E-state index in [1.54, 1.807) is 18.2 Å². The van der Waals surface area contributed by atoms with Gasteiger partial charge in [0.2, 0.25) is 5.95 Å². The first-order valence-corrected chi connectivity index (χ1v) is 9.37. The Kier molecular flexibility index (Phi) is 7.06. The first-order valence-electron chi connectivity index (χ1n) is 9.37. The van der Waals surface area contributed by atoms with Crippen LogP contribution in [0.1, 0.15) is 0 Å². The second kappa shape index (κ2) is 9.94. The highest BCUT2D eigenvalue weighted by Gasteiger charge is 2.31. The fourth-order valence-corrected chi connectivity index (χ4v) is 2.79. The third-order valence-electron chi connectivity index (χ3n) is 4.16. The van der Waals surface area contributed by atoms with Gasteiger partial charge in [-0.2, -0.15) is 4.98 Å². The Balaban J connectivity index is 2.00. The zero-order valence-corrected chi connectivity index (χ0v) is 17.4. The molecule has 0 amide bonds. The average molecular weight is 464 g/mol. The highest BCUT2D eigenvalue weighted by molar-refractivity contribution is 5.74. The van der Waals surface area contributed by atoms with Gasteiger partial charge in [0, 0.05) is 17.7 Å². The highest BCUT2D eigenvalue weighted by atomic mass is 19.4. The molecule has 0 aliphatic carbocycles. The number of nitrogens with zero attached hydrogens (tertiary/aromatic N) is 2. The molecule has 0 radical (unpaired) electrons. The Bertz CT molecular complexity index is 1140. The van der Waals surface area contributed by atoms with Crippen LogP contribution in [-0.2, 0) is 4.79 Å². The molecule has 174 valence electrons. The summed E-state index contributed by atoms with van der Waals surface area (Å²) in [6, 6.07) is 11.7. The molecule has 0 atom stereocenters. The van der Waals surface area contributed by atoms with Crippen molar-refractivity contribution in [2.24, 2.45) is 0 Å². The maximum absolute atomic E-state index is 12.6. The van der Waals surface area contributed by atoms with Crippen LogP contribution in [-0.4, -0.2) is 48.2 Å². The third kappa shape index (κ3) is 6.63. The number of carboxylic acids is 1. The van der Waals surface area contributed by atoms with Crippen LogP contribution >= 0.6 is 0 Å². The van der Waals surface area contributed by atoms with Gasteiger partial charge in [-0.1, -0.05) is 12.1 Å². The van der Waals surface area contributed by atoms with Crippen LogP contribution in [0.5, 0.6) is 17.2 Å². The van der Waals surface area contributed by atoms with Crippen LogP contribution in [0.2, 0.25) is 0 Å². The number of halogens is 3. The second-order valence-electron chi connectivity index (χ2n) is 6.48. The average Bonchev–Trinajstić information content (AvgIpc) is 2.77. The predicted octanol–water partition coefficient (Wildman–Crippen LogP) is 4.30. The van der Waals surface area contributed by atoms with E-state index in [0.29, 0.717) is 22.7 Å². The summed E-state index contributed by atoms with van der Waals surface area (Å²) in [4.78, 5) is 19.4. The SMILES string of the molecule is COc1ccc(Nc2cc(-c3cccc(OC(F)(F)F)c3)nc(NCC(=O)O)n2)c(OC)c1. The van der Waals surface area contributed by atoms with Crippen LogP contribution in [0.4, 0.5) is 30.6 Å². The number of methoxy groups -OCH3 is 2. The predicted molar refractivity (Wildman–Crippen MR) is 113 cm³/mol. The Morgan fingerprint density at radius 2 is 1.82 bits per heavy atom. The molecule has 2 aromatic carbocycles. The van der Waals surface area contributed by atoms with Gasteiger partial charge in [-0.05, 0) is 24.3 Å². The van der Waals surface area contributed by atoms with Gasteiger partial charge in [0.25, 0.3) is 0 Å².